The van der Waals surface area contributed by atoms with Crippen LogP contribution >= 0.6 is 0 Å². The maximum absolute atomic E-state index is 12.6. The van der Waals surface area contributed by atoms with Crippen LogP contribution in [-0.2, 0) is 9.59 Å². The third-order valence-corrected chi connectivity index (χ3v) is 4.35. The van der Waals surface area contributed by atoms with Crippen LogP contribution in [0.5, 0.6) is 5.75 Å². The number of anilines is 2. The molecule has 0 aliphatic heterocycles. The highest BCUT2D eigenvalue weighted by Crippen LogP contribution is 2.31. The number of carbonyl (C=O) groups is 2. The molecule has 1 N–H and O–H groups in total. The van der Waals surface area contributed by atoms with Gasteiger partial charge < -0.3 is 15.0 Å². The van der Waals surface area contributed by atoms with Crippen molar-refractivity contribution in [1.82, 2.24) is 0 Å². The number of carbonyl (C=O) groups excluding carboxylic acids is 2. The number of nitrogens with zero attached hydrogens (tertiary/aromatic N) is 1. The summed E-state index contributed by atoms with van der Waals surface area (Å²) in [7, 11) is 0. The first kappa shape index (κ1) is 21.5. The standard InChI is InChI=1S/C23H30N2O3/c1-15(2)21-9-7-8-17(5)23(21)25(18(6)26)14-22(27)24-19-10-12-20(13-11-19)28-16(3)4/h7-13,15-16H,14H2,1-6H3,(H,24,27). The minimum Gasteiger partial charge on any atom is -0.491 e. The van der Waals surface area contributed by atoms with Gasteiger partial charge in [0.2, 0.25) is 11.8 Å². The van der Waals surface area contributed by atoms with Gasteiger partial charge in [0.15, 0.2) is 0 Å². The van der Waals surface area contributed by atoms with Crippen molar-refractivity contribution >= 4 is 23.2 Å². The van der Waals surface area contributed by atoms with E-state index in [-0.39, 0.29) is 30.4 Å². The van der Waals surface area contributed by atoms with Crippen LogP contribution in [-0.4, -0.2) is 24.5 Å². The van der Waals surface area contributed by atoms with Gasteiger partial charge in [-0.25, -0.2) is 0 Å². The van der Waals surface area contributed by atoms with E-state index in [0.717, 1.165) is 22.6 Å². The molecular weight excluding hydrogens is 352 g/mol. The molecule has 2 aromatic carbocycles. The Morgan fingerprint density at radius 2 is 1.68 bits per heavy atom. The zero-order valence-electron chi connectivity index (χ0n) is 17.6. The van der Waals surface area contributed by atoms with Crippen molar-refractivity contribution in [3.8, 4) is 5.75 Å². The van der Waals surface area contributed by atoms with E-state index in [1.54, 1.807) is 17.0 Å². The van der Waals surface area contributed by atoms with Crippen LogP contribution in [0.3, 0.4) is 0 Å². The summed E-state index contributed by atoms with van der Waals surface area (Å²) < 4.78 is 5.61. The van der Waals surface area contributed by atoms with Gasteiger partial charge in [-0.15, -0.1) is 0 Å². The number of ether oxygens (including phenoxy) is 1. The molecule has 0 saturated carbocycles. The Balaban J connectivity index is 2.17. The Kier molecular flexibility index (Phi) is 7.21. The van der Waals surface area contributed by atoms with Crippen LogP contribution in [0.25, 0.3) is 0 Å². The van der Waals surface area contributed by atoms with Crippen LogP contribution in [0.15, 0.2) is 42.5 Å². The molecule has 0 aromatic heterocycles. The topological polar surface area (TPSA) is 58.6 Å². The minimum atomic E-state index is -0.245. The van der Waals surface area contributed by atoms with Crippen molar-refractivity contribution < 1.29 is 14.3 Å². The lowest BCUT2D eigenvalue weighted by Crippen LogP contribution is -2.37. The highest BCUT2D eigenvalue weighted by atomic mass is 16.5. The van der Waals surface area contributed by atoms with Gasteiger partial charge in [0, 0.05) is 12.6 Å². The van der Waals surface area contributed by atoms with Gasteiger partial charge >= 0.3 is 0 Å². The van der Waals surface area contributed by atoms with E-state index in [9.17, 15) is 9.59 Å². The molecule has 2 rings (SSSR count). The number of hydrogen-bond acceptors (Lipinski definition) is 3. The minimum absolute atomic E-state index is 0.0375. The fourth-order valence-corrected chi connectivity index (χ4v) is 3.10. The molecule has 28 heavy (non-hydrogen) atoms. The lowest BCUT2D eigenvalue weighted by Gasteiger charge is -2.27. The van der Waals surface area contributed by atoms with Crippen LogP contribution in [0.1, 0.15) is 51.7 Å². The van der Waals surface area contributed by atoms with E-state index in [2.05, 4.69) is 19.2 Å². The summed E-state index contributed by atoms with van der Waals surface area (Å²) >= 11 is 0. The van der Waals surface area contributed by atoms with Crippen molar-refractivity contribution in [2.45, 2.75) is 53.6 Å². The second-order valence-corrected chi connectivity index (χ2v) is 7.51. The second kappa shape index (κ2) is 9.40. The average Bonchev–Trinajstić information content (AvgIpc) is 2.61. The Bertz CT molecular complexity index is 826. The number of aryl methyl sites for hydroxylation is 1. The third kappa shape index (κ3) is 5.59. The van der Waals surface area contributed by atoms with Crippen LogP contribution in [0.2, 0.25) is 0 Å². The number of amides is 2. The van der Waals surface area contributed by atoms with Crippen LogP contribution in [0.4, 0.5) is 11.4 Å². The van der Waals surface area contributed by atoms with E-state index in [4.69, 9.17) is 4.74 Å². The van der Waals surface area contributed by atoms with E-state index in [1.807, 2.05) is 51.1 Å². The lowest BCUT2D eigenvalue weighted by atomic mass is 9.97. The number of benzene rings is 2. The van der Waals surface area contributed by atoms with E-state index < -0.39 is 0 Å². The second-order valence-electron chi connectivity index (χ2n) is 7.51. The van der Waals surface area contributed by atoms with E-state index in [1.165, 1.54) is 6.92 Å². The molecular formula is C23H30N2O3. The summed E-state index contributed by atoms with van der Waals surface area (Å²) in [6.45, 7) is 11.5. The predicted molar refractivity (Wildman–Crippen MR) is 114 cm³/mol. The molecule has 5 heteroatoms. The molecule has 0 unspecified atom stereocenters. The summed E-state index contributed by atoms with van der Waals surface area (Å²) in [4.78, 5) is 26.5. The molecule has 0 saturated heterocycles. The van der Waals surface area contributed by atoms with E-state index in [0.29, 0.717) is 5.69 Å². The largest absolute Gasteiger partial charge is 0.491 e. The Morgan fingerprint density at radius 1 is 1.04 bits per heavy atom. The molecule has 0 atom stereocenters. The first-order valence-electron chi connectivity index (χ1n) is 9.63. The molecule has 0 aliphatic rings. The van der Waals surface area contributed by atoms with Gasteiger partial charge in [0.05, 0.1) is 11.8 Å². The smallest absolute Gasteiger partial charge is 0.244 e. The fraction of sp³-hybridized carbons (Fsp3) is 0.391. The number of nitrogens with one attached hydrogen (secondary N) is 1. The number of rotatable bonds is 7. The zero-order chi connectivity index (χ0) is 20.8. The molecule has 0 heterocycles. The maximum Gasteiger partial charge on any atom is 0.244 e. The third-order valence-electron chi connectivity index (χ3n) is 4.35. The maximum atomic E-state index is 12.6. The van der Waals surface area contributed by atoms with Crippen molar-refractivity contribution in [2.24, 2.45) is 0 Å². The van der Waals surface area contributed by atoms with Gasteiger partial charge in [-0.1, -0.05) is 32.0 Å². The van der Waals surface area contributed by atoms with Crippen molar-refractivity contribution in [3.05, 3.63) is 53.6 Å². The lowest BCUT2D eigenvalue weighted by molar-refractivity contribution is -0.120. The van der Waals surface area contributed by atoms with E-state index >= 15 is 0 Å². The summed E-state index contributed by atoms with van der Waals surface area (Å²) in [6, 6.07) is 13.2. The summed E-state index contributed by atoms with van der Waals surface area (Å²) in [5.74, 6) is 0.589. The first-order chi connectivity index (χ1) is 13.2. The Morgan fingerprint density at radius 3 is 2.21 bits per heavy atom. The number of para-hydroxylation sites is 1. The van der Waals surface area contributed by atoms with Gasteiger partial charge in [0.25, 0.3) is 0 Å². The predicted octanol–water partition coefficient (Wildman–Crippen LogP) is 4.90. The molecule has 2 aromatic rings. The van der Waals surface area contributed by atoms with Gasteiger partial charge in [-0.2, -0.15) is 0 Å². The summed E-state index contributed by atoms with van der Waals surface area (Å²) in [5, 5.41) is 2.86. The molecule has 5 nitrogen and oxygen atoms in total. The van der Waals surface area contributed by atoms with Gasteiger partial charge in [-0.3, -0.25) is 9.59 Å². The molecule has 0 spiro atoms. The summed E-state index contributed by atoms with van der Waals surface area (Å²) in [6.07, 6.45) is 0.0915. The monoisotopic (exact) mass is 382 g/mol. The SMILES string of the molecule is CC(=O)N(CC(=O)Nc1ccc(OC(C)C)cc1)c1c(C)cccc1C(C)C. The Labute approximate surface area is 167 Å². The molecule has 0 aliphatic carbocycles. The Hall–Kier alpha value is -2.82. The molecule has 2 amide bonds. The van der Waals surface area contributed by atoms with Gasteiger partial charge in [-0.05, 0) is 62.1 Å². The fourth-order valence-electron chi connectivity index (χ4n) is 3.10. The van der Waals surface area contributed by atoms with Crippen molar-refractivity contribution in [2.75, 3.05) is 16.8 Å². The normalized spacial score (nSPS) is 10.9. The average molecular weight is 383 g/mol. The highest BCUT2D eigenvalue weighted by molar-refractivity contribution is 6.02. The number of hydrogen-bond donors (Lipinski definition) is 1. The summed E-state index contributed by atoms with van der Waals surface area (Å²) in [5.41, 5.74) is 3.52. The molecule has 0 radical (unpaired) electrons. The molecule has 0 bridgehead atoms. The quantitative estimate of drug-likeness (QED) is 0.741. The van der Waals surface area contributed by atoms with Gasteiger partial charge in [0.1, 0.15) is 12.3 Å². The highest BCUT2D eigenvalue weighted by Gasteiger charge is 2.21. The first-order valence-corrected chi connectivity index (χ1v) is 9.63. The van der Waals surface area contributed by atoms with Crippen molar-refractivity contribution in [1.29, 1.82) is 0 Å². The molecule has 150 valence electrons. The van der Waals surface area contributed by atoms with Crippen molar-refractivity contribution in [3.63, 3.8) is 0 Å². The zero-order valence-corrected chi connectivity index (χ0v) is 17.6. The van der Waals surface area contributed by atoms with Crippen LogP contribution in [0, 0.1) is 6.92 Å². The van der Waals surface area contributed by atoms with Crippen LogP contribution < -0.4 is 15.0 Å². The molecule has 0 fully saturated rings.